The average molecular weight is 337 g/mol. The fourth-order valence-electron chi connectivity index (χ4n) is 2.43. The van der Waals surface area contributed by atoms with Crippen LogP contribution in [0.5, 0.6) is 0 Å². The van der Waals surface area contributed by atoms with Crippen LogP contribution in [0.3, 0.4) is 0 Å². The van der Waals surface area contributed by atoms with Gasteiger partial charge in [-0.25, -0.2) is 14.6 Å². The number of aromatic amines is 1. The van der Waals surface area contributed by atoms with E-state index in [4.69, 9.17) is 0 Å². The monoisotopic (exact) mass is 337 g/mol. The molecule has 0 spiro atoms. The maximum absolute atomic E-state index is 11.6. The molecule has 7 heteroatoms. The van der Waals surface area contributed by atoms with E-state index >= 15 is 0 Å². The van der Waals surface area contributed by atoms with Gasteiger partial charge >= 0.3 is 0 Å². The molecule has 0 saturated heterocycles. The fraction of sp³-hybridized carbons (Fsp3) is 0.222. The zero-order valence-corrected chi connectivity index (χ0v) is 13.9. The van der Waals surface area contributed by atoms with Crippen molar-refractivity contribution >= 4 is 0 Å². The lowest BCUT2D eigenvalue weighted by molar-refractivity contribution is 0.526. The molecule has 0 fully saturated rings. The first-order chi connectivity index (χ1) is 12.1. The van der Waals surface area contributed by atoms with Crippen molar-refractivity contribution in [3.8, 4) is 11.4 Å². The van der Waals surface area contributed by atoms with E-state index in [9.17, 15) is 9.59 Å². The number of nitrogens with zero attached hydrogens (tertiary/aromatic N) is 3. The second kappa shape index (κ2) is 7.67. The standard InChI is InChI=1S/C18H19N5O2/c1-13-3-2-4-15(9-13)18-20-11-14(12-21-18)10-19-7-8-23-17(25)6-5-16(24)22-23/h2-6,9,11-12,19H,7-8,10H2,1H3,(H,22,24). The number of H-pyrrole nitrogens is 1. The summed E-state index contributed by atoms with van der Waals surface area (Å²) in [6.45, 7) is 3.55. The summed E-state index contributed by atoms with van der Waals surface area (Å²) in [5.41, 5.74) is 2.59. The second-order valence-electron chi connectivity index (χ2n) is 5.76. The first-order valence-corrected chi connectivity index (χ1v) is 8.01. The Labute approximate surface area is 144 Å². The van der Waals surface area contributed by atoms with E-state index in [2.05, 4.69) is 20.4 Å². The Morgan fingerprint density at radius 2 is 1.92 bits per heavy atom. The van der Waals surface area contributed by atoms with Crippen LogP contribution < -0.4 is 16.4 Å². The van der Waals surface area contributed by atoms with Crippen LogP contribution >= 0.6 is 0 Å². The molecule has 2 N–H and O–H groups in total. The SMILES string of the molecule is Cc1cccc(-c2ncc(CNCCn3[nH]c(=O)ccc3=O)cn2)c1. The third-order valence-electron chi connectivity index (χ3n) is 3.71. The van der Waals surface area contributed by atoms with Crippen LogP contribution in [0.1, 0.15) is 11.1 Å². The molecule has 1 aromatic carbocycles. The minimum Gasteiger partial charge on any atom is -0.311 e. The molecule has 0 radical (unpaired) electrons. The molecule has 128 valence electrons. The molecule has 0 aliphatic heterocycles. The topological polar surface area (TPSA) is 92.7 Å². The van der Waals surface area contributed by atoms with Gasteiger partial charge in [-0.2, -0.15) is 0 Å². The van der Waals surface area contributed by atoms with E-state index in [0.29, 0.717) is 25.5 Å². The largest absolute Gasteiger partial charge is 0.311 e. The van der Waals surface area contributed by atoms with Crippen LogP contribution in [0.4, 0.5) is 0 Å². The van der Waals surface area contributed by atoms with Crippen molar-refractivity contribution in [3.05, 3.63) is 80.6 Å². The summed E-state index contributed by atoms with van der Waals surface area (Å²) < 4.78 is 1.28. The van der Waals surface area contributed by atoms with Gasteiger partial charge in [-0.3, -0.25) is 14.7 Å². The van der Waals surface area contributed by atoms with Gasteiger partial charge in [0.1, 0.15) is 0 Å². The number of benzene rings is 1. The highest BCUT2D eigenvalue weighted by Gasteiger charge is 2.02. The number of aromatic nitrogens is 4. The normalized spacial score (nSPS) is 10.8. The van der Waals surface area contributed by atoms with Gasteiger partial charge < -0.3 is 5.32 Å². The van der Waals surface area contributed by atoms with Crippen LogP contribution in [0, 0.1) is 6.92 Å². The molecular formula is C18H19N5O2. The average Bonchev–Trinajstić information content (AvgIpc) is 2.62. The summed E-state index contributed by atoms with van der Waals surface area (Å²) in [6, 6.07) is 10.5. The number of aryl methyl sites for hydroxylation is 1. The second-order valence-corrected chi connectivity index (χ2v) is 5.76. The van der Waals surface area contributed by atoms with Crippen LogP contribution in [-0.2, 0) is 13.1 Å². The number of hydrogen-bond acceptors (Lipinski definition) is 5. The van der Waals surface area contributed by atoms with E-state index in [1.54, 1.807) is 12.4 Å². The minimum atomic E-state index is -0.292. The van der Waals surface area contributed by atoms with Crippen molar-refractivity contribution < 1.29 is 0 Å². The first-order valence-electron chi connectivity index (χ1n) is 8.01. The molecule has 0 bridgehead atoms. The van der Waals surface area contributed by atoms with Gasteiger partial charge in [0.25, 0.3) is 11.1 Å². The molecule has 0 atom stereocenters. The van der Waals surface area contributed by atoms with Crippen molar-refractivity contribution in [2.45, 2.75) is 20.0 Å². The van der Waals surface area contributed by atoms with Crippen molar-refractivity contribution in [2.75, 3.05) is 6.54 Å². The minimum absolute atomic E-state index is 0.229. The Bertz CT molecular complexity index is 960. The maximum atomic E-state index is 11.6. The zero-order chi connectivity index (χ0) is 17.6. The Morgan fingerprint density at radius 3 is 2.68 bits per heavy atom. The number of hydrogen-bond donors (Lipinski definition) is 2. The Morgan fingerprint density at radius 1 is 1.12 bits per heavy atom. The molecule has 2 heterocycles. The molecule has 0 aliphatic rings. The maximum Gasteiger partial charge on any atom is 0.265 e. The molecule has 3 aromatic rings. The zero-order valence-electron chi connectivity index (χ0n) is 13.9. The van der Waals surface area contributed by atoms with Gasteiger partial charge in [-0.15, -0.1) is 0 Å². The van der Waals surface area contributed by atoms with Gasteiger partial charge in [0, 0.05) is 48.7 Å². The molecule has 7 nitrogen and oxygen atoms in total. The first kappa shape index (κ1) is 16.8. The lowest BCUT2D eigenvalue weighted by Gasteiger charge is -2.07. The number of nitrogens with one attached hydrogen (secondary N) is 2. The summed E-state index contributed by atoms with van der Waals surface area (Å²) in [7, 11) is 0. The van der Waals surface area contributed by atoms with Crippen molar-refractivity contribution in [2.24, 2.45) is 0 Å². The van der Waals surface area contributed by atoms with Crippen LogP contribution in [0.15, 0.2) is 58.4 Å². The van der Waals surface area contributed by atoms with Crippen LogP contribution in [-0.4, -0.2) is 26.3 Å². The van der Waals surface area contributed by atoms with E-state index in [1.807, 2.05) is 31.2 Å². The molecule has 0 saturated carbocycles. The molecule has 0 aliphatic carbocycles. The predicted molar refractivity (Wildman–Crippen MR) is 95.2 cm³/mol. The highest BCUT2D eigenvalue weighted by Crippen LogP contribution is 2.15. The van der Waals surface area contributed by atoms with Crippen LogP contribution in [0.2, 0.25) is 0 Å². The van der Waals surface area contributed by atoms with E-state index < -0.39 is 0 Å². The molecule has 0 unspecified atom stereocenters. The molecule has 25 heavy (non-hydrogen) atoms. The van der Waals surface area contributed by atoms with E-state index in [1.165, 1.54) is 22.4 Å². The van der Waals surface area contributed by atoms with Crippen molar-refractivity contribution in [1.29, 1.82) is 0 Å². The molecule has 3 rings (SSSR count). The quantitative estimate of drug-likeness (QED) is 0.657. The van der Waals surface area contributed by atoms with E-state index in [0.717, 1.165) is 11.1 Å². The summed E-state index contributed by atoms with van der Waals surface area (Å²) >= 11 is 0. The molecule has 0 amide bonds. The predicted octanol–water partition coefficient (Wildman–Crippen LogP) is 1.09. The molecular weight excluding hydrogens is 318 g/mol. The summed E-state index contributed by atoms with van der Waals surface area (Å²) in [4.78, 5) is 31.6. The van der Waals surface area contributed by atoms with Gasteiger partial charge in [0.05, 0.1) is 6.54 Å². The van der Waals surface area contributed by atoms with Gasteiger partial charge in [-0.1, -0.05) is 23.8 Å². The third kappa shape index (κ3) is 4.48. The summed E-state index contributed by atoms with van der Waals surface area (Å²) in [5, 5.41) is 5.69. The Hall–Kier alpha value is -3.06. The lowest BCUT2D eigenvalue weighted by atomic mass is 10.1. The third-order valence-corrected chi connectivity index (χ3v) is 3.71. The van der Waals surface area contributed by atoms with Gasteiger partial charge in [-0.05, 0) is 13.0 Å². The fourth-order valence-corrected chi connectivity index (χ4v) is 2.43. The van der Waals surface area contributed by atoms with Gasteiger partial charge in [0.2, 0.25) is 0 Å². The molecule has 2 aromatic heterocycles. The van der Waals surface area contributed by atoms with E-state index in [-0.39, 0.29) is 11.1 Å². The Balaban J connectivity index is 1.55. The van der Waals surface area contributed by atoms with Crippen LogP contribution in [0.25, 0.3) is 11.4 Å². The van der Waals surface area contributed by atoms with Gasteiger partial charge in [0.15, 0.2) is 5.82 Å². The summed E-state index contributed by atoms with van der Waals surface area (Å²) in [6.07, 6.45) is 3.57. The lowest BCUT2D eigenvalue weighted by Crippen LogP contribution is -2.32. The van der Waals surface area contributed by atoms with Crippen molar-refractivity contribution in [3.63, 3.8) is 0 Å². The summed E-state index contributed by atoms with van der Waals surface area (Å²) in [5.74, 6) is 0.695. The Kier molecular flexibility index (Phi) is 5.15. The highest BCUT2D eigenvalue weighted by atomic mass is 16.1. The smallest absolute Gasteiger partial charge is 0.265 e. The van der Waals surface area contributed by atoms with Crippen molar-refractivity contribution in [1.82, 2.24) is 25.1 Å². The highest BCUT2D eigenvalue weighted by molar-refractivity contribution is 5.55. The number of rotatable bonds is 6.